The zero-order valence-electron chi connectivity index (χ0n) is 20.2. The quantitative estimate of drug-likeness (QED) is 0.250. The molecule has 0 fully saturated rings. The summed E-state index contributed by atoms with van der Waals surface area (Å²) < 4.78 is 0. The molecule has 1 N–H and O–H groups in total. The molecule has 31 heavy (non-hydrogen) atoms. The Morgan fingerprint density at radius 1 is 0.452 bits per heavy atom. The molecule has 0 heterocycles. The van der Waals surface area contributed by atoms with Crippen molar-refractivity contribution in [1.29, 1.82) is 0 Å². The van der Waals surface area contributed by atoms with Crippen molar-refractivity contribution in [1.82, 2.24) is 0 Å². The van der Waals surface area contributed by atoms with Gasteiger partial charge in [-0.3, -0.25) is 0 Å². The van der Waals surface area contributed by atoms with Crippen LogP contribution >= 0.6 is 0 Å². The summed E-state index contributed by atoms with van der Waals surface area (Å²) in [7, 11) is 0. The Kier molecular flexibility index (Phi) is 18.9. The van der Waals surface area contributed by atoms with Gasteiger partial charge in [-0.2, -0.15) is 0 Å². The Hall–Kier alpha value is -1.76. The number of unbranched alkanes of at least 4 members (excludes halogenated alkanes) is 15. The summed E-state index contributed by atoms with van der Waals surface area (Å²) in [6.07, 6.45) is 24.4. The standard InChI is InChI=1S/C24H42.C6H6O/c1-2-3-4-5-6-7-8-9-10-11-12-13-14-15-16-18-21-24-22-19-17-20-23-24;7-6-4-2-1-3-5-6/h17,19-20,22-23H,2-16,18,21H2,1H3;1-5,7H. The Bertz CT molecular complexity index is 578. The Morgan fingerprint density at radius 3 is 1.16 bits per heavy atom. The fourth-order valence-electron chi connectivity index (χ4n) is 3.95. The zero-order valence-corrected chi connectivity index (χ0v) is 20.2. The second-order valence-corrected chi connectivity index (χ2v) is 8.87. The maximum Gasteiger partial charge on any atom is 0.115 e. The van der Waals surface area contributed by atoms with Gasteiger partial charge >= 0.3 is 0 Å². The number of aromatic hydroxyl groups is 1. The van der Waals surface area contributed by atoms with Gasteiger partial charge in [-0.25, -0.2) is 0 Å². The van der Waals surface area contributed by atoms with Crippen molar-refractivity contribution in [2.45, 2.75) is 116 Å². The Balaban J connectivity index is 0.000000577. The van der Waals surface area contributed by atoms with Crippen molar-refractivity contribution in [3.8, 4) is 5.75 Å². The number of aryl methyl sites for hydroxylation is 1. The third kappa shape index (κ3) is 18.7. The van der Waals surface area contributed by atoms with Gasteiger partial charge in [0.05, 0.1) is 0 Å². The van der Waals surface area contributed by atoms with Gasteiger partial charge in [-0.15, -0.1) is 0 Å². The second-order valence-electron chi connectivity index (χ2n) is 8.87. The van der Waals surface area contributed by atoms with E-state index in [9.17, 15) is 0 Å². The normalized spacial score (nSPS) is 10.5. The second kappa shape index (κ2) is 21.5. The highest BCUT2D eigenvalue weighted by Crippen LogP contribution is 2.14. The molecule has 0 bridgehead atoms. The van der Waals surface area contributed by atoms with E-state index in [2.05, 4.69) is 37.3 Å². The van der Waals surface area contributed by atoms with Gasteiger partial charge in [0.2, 0.25) is 0 Å². The fraction of sp³-hybridized carbons (Fsp3) is 0.600. The Morgan fingerprint density at radius 2 is 0.806 bits per heavy atom. The van der Waals surface area contributed by atoms with Crippen molar-refractivity contribution in [3.63, 3.8) is 0 Å². The first-order valence-electron chi connectivity index (χ1n) is 13.1. The molecule has 2 rings (SSSR count). The van der Waals surface area contributed by atoms with E-state index >= 15 is 0 Å². The van der Waals surface area contributed by atoms with E-state index in [0.717, 1.165) is 0 Å². The van der Waals surface area contributed by atoms with Gasteiger partial charge < -0.3 is 5.11 Å². The highest BCUT2D eigenvalue weighted by Gasteiger charge is 1.95. The smallest absolute Gasteiger partial charge is 0.115 e. The van der Waals surface area contributed by atoms with Crippen molar-refractivity contribution >= 4 is 0 Å². The summed E-state index contributed by atoms with van der Waals surface area (Å²) in [5, 5.41) is 8.63. The van der Waals surface area contributed by atoms with E-state index in [4.69, 9.17) is 5.11 Å². The molecular weight excluding hydrogens is 376 g/mol. The molecule has 2 aromatic rings. The largest absolute Gasteiger partial charge is 0.508 e. The predicted molar refractivity (Wildman–Crippen MR) is 138 cm³/mol. The van der Waals surface area contributed by atoms with E-state index in [1.165, 1.54) is 115 Å². The number of hydrogen-bond acceptors (Lipinski definition) is 1. The van der Waals surface area contributed by atoms with Crippen LogP contribution in [0.3, 0.4) is 0 Å². The molecule has 0 atom stereocenters. The zero-order chi connectivity index (χ0) is 22.2. The highest BCUT2D eigenvalue weighted by atomic mass is 16.3. The third-order valence-corrected chi connectivity index (χ3v) is 5.92. The SMILES string of the molecule is CCCCCCCCCCCCCCCCCCc1ccccc1.Oc1ccccc1. The molecular formula is C30H48O. The van der Waals surface area contributed by atoms with Gasteiger partial charge in [-0.1, -0.05) is 152 Å². The lowest BCUT2D eigenvalue weighted by atomic mass is 10.0. The number of rotatable bonds is 17. The van der Waals surface area contributed by atoms with Gasteiger partial charge in [0.1, 0.15) is 5.75 Å². The predicted octanol–water partition coefficient (Wildman–Crippen LogP) is 9.88. The maximum atomic E-state index is 8.63. The maximum absolute atomic E-state index is 8.63. The summed E-state index contributed by atoms with van der Waals surface area (Å²) in [6, 6.07) is 19.6. The van der Waals surface area contributed by atoms with Crippen LogP contribution < -0.4 is 0 Å². The van der Waals surface area contributed by atoms with E-state index in [1.54, 1.807) is 24.3 Å². The van der Waals surface area contributed by atoms with Crippen LogP contribution in [0.1, 0.15) is 115 Å². The van der Waals surface area contributed by atoms with E-state index < -0.39 is 0 Å². The van der Waals surface area contributed by atoms with Crippen molar-refractivity contribution in [2.75, 3.05) is 0 Å². The minimum Gasteiger partial charge on any atom is -0.508 e. The van der Waals surface area contributed by atoms with Crippen LogP contribution in [-0.4, -0.2) is 5.11 Å². The molecule has 0 radical (unpaired) electrons. The molecule has 0 aliphatic carbocycles. The molecule has 0 saturated carbocycles. The van der Waals surface area contributed by atoms with Crippen LogP contribution in [0.2, 0.25) is 0 Å². The molecule has 2 aromatic carbocycles. The average molecular weight is 425 g/mol. The molecule has 1 heteroatoms. The first-order valence-corrected chi connectivity index (χ1v) is 13.1. The number of para-hydroxylation sites is 1. The van der Waals surface area contributed by atoms with E-state index in [1.807, 2.05) is 6.07 Å². The highest BCUT2D eigenvalue weighted by molar-refractivity contribution is 5.18. The summed E-state index contributed by atoms with van der Waals surface area (Å²) in [6.45, 7) is 2.30. The summed E-state index contributed by atoms with van der Waals surface area (Å²) in [5.41, 5.74) is 1.50. The van der Waals surface area contributed by atoms with Gasteiger partial charge in [0.15, 0.2) is 0 Å². The average Bonchev–Trinajstić information content (AvgIpc) is 2.80. The summed E-state index contributed by atoms with van der Waals surface area (Å²) >= 11 is 0. The molecule has 0 aromatic heterocycles. The van der Waals surface area contributed by atoms with Gasteiger partial charge in [0.25, 0.3) is 0 Å². The monoisotopic (exact) mass is 424 g/mol. The molecule has 0 spiro atoms. The molecule has 174 valence electrons. The molecule has 0 saturated heterocycles. The lowest BCUT2D eigenvalue weighted by Gasteiger charge is -2.04. The van der Waals surface area contributed by atoms with Crippen LogP contribution in [-0.2, 0) is 6.42 Å². The van der Waals surface area contributed by atoms with Crippen LogP contribution in [0.5, 0.6) is 5.75 Å². The first kappa shape index (κ1) is 27.3. The van der Waals surface area contributed by atoms with Crippen LogP contribution in [0.15, 0.2) is 60.7 Å². The number of phenolic OH excluding ortho intramolecular Hbond substituents is 1. The fourth-order valence-corrected chi connectivity index (χ4v) is 3.95. The number of benzene rings is 2. The third-order valence-electron chi connectivity index (χ3n) is 5.92. The molecule has 0 aliphatic rings. The van der Waals surface area contributed by atoms with Crippen molar-refractivity contribution in [2.24, 2.45) is 0 Å². The Labute approximate surface area is 193 Å². The van der Waals surface area contributed by atoms with E-state index in [0.29, 0.717) is 5.75 Å². The minimum atomic E-state index is 0.322. The van der Waals surface area contributed by atoms with Gasteiger partial charge in [-0.05, 0) is 30.5 Å². The first-order chi connectivity index (χ1) is 15.3. The number of phenols is 1. The van der Waals surface area contributed by atoms with Crippen LogP contribution in [0.25, 0.3) is 0 Å². The van der Waals surface area contributed by atoms with Crippen LogP contribution in [0.4, 0.5) is 0 Å². The lowest BCUT2D eigenvalue weighted by Crippen LogP contribution is -1.86. The number of hydrogen-bond donors (Lipinski definition) is 1. The van der Waals surface area contributed by atoms with Crippen LogP contribution in [0, 0.1) is 0 Å². The summed E-state index contributed by atoms with van der Waals surface area (Å²) in [5.74, 6) is 0.322. The summed E-state index contributed by atoms with van der Waals surface area (Å²) in [4.78, 5) is 0. The topological polar surface area (TPSA) is 20.2 Å². The molecule has 0 unspecified atom stereocenters. The van der Waals surface area contributed by atoms with Crippen molar-refractivity contribution < 1.29 is 5.11 Å². The molecule has 0 aliphatic heterocycles. The molecule has 1 nitrogen and oxygen atoms in total. The van der Waals surface area contributed by atoms with Gasteiger partial charge in [0, 0.05) is 0 Å². The lowest BCUT2D eigenvalue weighted by molar-refractivity contribution is 0.475. The minimum absolute atomic E-state index is 0.322. The van der Waals surface area contributed by atoms with E-state index in [-0.39, 0.29) is 0 Å². The van der Waals surface area contributed by atoms with Crippen molar-refractivity contribution in [3.05, 3.63) is 66.2 Å². The molecule has 0 amide bonds.